The van der Waals surface area contributed by atoms with Gasteiger partial charge in [-0.15, -0.1) is 11.3 Å². The van der Waals surface area contributed by atoms with Crippen LogP contribution in [0.25, 0.3) is 0 Å². The monoisotopic (exact) mass is 257 g/mol. The maximum atomic E-state index is 11.0. The van der Waals surface area contributed by atoms with Crippen molar-refractivity contribution in [1.29, 1.82) is 0 Å². The smallest absolute Gasteiger partial charge is 0.320 e. The number of hydrogen-bond acceptors (Lipinski definition) is 5. The van der Waals surface area contributed by atoms with Crippen LogP contribution in [-0.4, -0.2) is 30.2 Å². The van der Waals surface area contributed by atoms with Crippen LogP contribution < -0.4 is 5.32 Å². The maximum absolute atomic E-state index is 11.0. The number of esters is 1. The Kier molecular flexibility index (Phi) is 5.11. The minimum atomic E-state index is -0.878. The zero-order valence-electron chi connectivity index (χ0n) is 9.73. The predicted octanol–water partition coefficient (Wildman–Crippen LogP) is 1.03. The van der Waals surface area contributed by atoms with Crippen LogP contribution in [0.15, 0.2) is 12.1 Å². The standard InChI is InChI=1S/C11H15NO4S/c1-7(11(14)15)12-6-9-4-3-8(17-9)5-10(13)16-2/h3-4,7,12H,5-6H2,1-2H3,(H,14,15). The SMILES string of the molecule is COC(=O)Cc1ccc(CNC(C)C(=O)O)s1. The molecule has 94 valence electrons. The summed E-state index contributed by atoms with van der Waals surface area (Å²) in [5.41, 5.74) is 0. The normalized spacial score (nSPS) is 12.1. The predicted molar refractivity (Wildman–Crippen MR) is 64.0 cm³/mol. The van der Waals surface area contributed by atoms with Crippen molar-refractivity contribution in [3.05, 3.63) is 21.9 Å². The number of methoxy groups -OCH3 is 1. The van der Waals surface area contributed by atoms with Crippen LogP contribution in [0, 0.1) is 0 Å². The first kappa shape index (κ1) is 13.7. The first-order valence-electron chi connectivity index (χ1n) is 5.13. The van der Waals surface area contributed by atoms with Crippen LogP contribution in [-0.2, 0) is 27.3 Å². The number of nitrogens with one attached hydrogen (secondary N) is 1. The molecule has 5 nitrogen and oxygen atoms in total. The van der Waals surface area contributed by atoms with Crippen LogP contribution in [0.3, 0.4) is 0 Å². The fourth-order valence-corrected chi connectivity index (χ4v) is 2.12. The van der Waals surface area contributed by atoms with Gasteiger partial charge in [0.25, 0.3) is 0 Å². The molecule has 6 heteroatoms. The number of carboxylic acids is 1. The molecular formula is C11H15NO4S. The summed E-state index contributed by atoms with van der Waals surface area (Å²) >= 11 is 1.47. The van der Waals surface area contributed by atoms with Crippen molar-refractivity contribution in [1.82, 2.24) is 5.32 Å². The number of hydrogen-bond donors (Lipinski definition) is 2. The fourth-order valence-electron chi connectivity index (χ4n) is 1.17. The number of carboxylic acid groups (broad SMARTS) is 1. The average molecular weight is 257 g/mol. The zero-order chi connectivity index (χ0) is 12.8. The molecule has 17 heavy (non-hydrogen) atoms. The Morgan fingerprint density at radius 1 is 1.47 bits per heavy atom. The Hall–Kier alpha value is -1.40. The van der Waals surface area contributed by atoms with Gasteiger partial charge in [0.2, 0.25) is 0 Å². The third-order valence-corrected chi connectivity index (χ3v) is 3.30. The van der Waals surface area contributed by atoms with Crippen molar-refractivity contribution in [2.75, 3.05) is 7.11 Å². The van der Waals surface area contributed by atoms with E-state index in [1.165, 1.54) is 18.4 Å². The largest absolute Gasteiger partial charge is 0.480 e. The molecule has 2 N–H and O–H groups in total. The van der Waals surface area contributed by atoms with E-state index in [2.05, 4.69) is 10.1 Å². The number of rotatable bonds is 6. The summed E-state index contributed by atoms with van der Waals surface area (Å²) in [6.07, 6.45) is 0.260. The lowest BCUT2D eigenvalue weighted by Crippen LogP contribution is -2.32. The van der Waals surface area contributed by atoms with Gasteiger partial charge in [-0.3, -0.25) is 14.9 Å². The Morgan fingerprint density at radius 2 is 2.12 bits per heavy atom. The average Bonchev–Trinajstić information content (AvgIpc) is 2.73. The summed E-state index contributed by atoms with van der Waals surface area (Å²) in [5, 5.41) is 11.6. The van der Waals surface area contributed by atoms with Crippen LogP contribution in [0.1, 0.15) is 16.7 Å². The minimum absolute atomic E-state index is 0.260. The highest BCUT2D eigenvalue weighted by Crippen LogP contribution is 2.17. The second kappa shape index (κ2) is 6.36. The lowest BCUT2D eigenvalue weighted by Gasteiger charge is -2.06. The molecule has 1 aromatic rings. The lowest BCUT2D eigenvalue weighted by atomic mass is 10.3. The highest BCUT2D eigenvalue weighted by molar-refractivity contribution is 7.12. The molecule has 1 atom stereocenters. The number of thiophene rings is 1. The van der Waals surface area contributed by atoms with Crippen molar-refractivity contribution in [2.45, 2.75) is 25.9 Å². The van der Waals surface area contributed by atoms with E-state index in [1.54, 1.807) is 6.92 Å². The first-order valence-corrected chi connectivity index (χ1v) is 5.95. The molecule has 0 spiro atoms. The molecule has 0 saturated heterocycles. The highest BCUT2D eigenvalue weighted by atomic mass is 32.1. The van der Waals surface area contributed by atoms with Gasteiger partial charge in [0.1, 0.15) is 6.04 Å². The van der Waals surface area contributed by atoms with Gasteiger partial charge in [-0.05, 0) is 19.1 Å². The van der Waals surface area contributed by atoms with Crippen molar-refractivity contribution < 1.29 is 19.4 Å². The zero-order valence-corrected chi connectivity index (χ0v) is 10.5. The molecule has 0 aromatic carbocycles. The van der Waals surface area contributed by atoms with E-state index < -0.39 is 12.0 Å². The summed E-state index contributed by atoms with van der Waals surface area (Å²) < 4.78 is 4.57. The van der Waals surface area contributed by atoms with E-state index >= 15 is 0 Å². The van der Waals surface area contributed by atoms with Gasteiger partial charge in [0.15, 0.2) is 0 Å². The number of carbonyl (C=O) groups is 2. The van der Waals surface area contributed by atoms with E-state index in [-0.39, 0.29) is 12.4 Å². The molecule has 0 aliphatic heterocycles. The Labute approximate surface area is 103 Å². The summed E-state index contributed by atoms with van der Waals surface area (Å²) in [7, 11) is 1.35. The molecule has 1 rings (SSSR count). The summed E-state index contributed by atoms with van der Waals surface area (Å²) in [5.74, 6) is -1.15. The van der Waals surface area contributed by atoms with E-state index in [1.807, 2.05) is 12.1 Å². The van der Waals surface area contributed by atoms with Gasteiger partial charge in [-0.25, -0.2) is 0 Å². The molecular weight excluding hydrogens is 242 g/mol. The molecule has 0 bridgehead atoms. The number of carbonyl (C=O) groups excluding carboxylic acids is 1. The van der Waals surface area contributed by atoms with Gasteiger partial charge in [0, 0.05) is 16.3 Å². The molecule has 0 aliphatic carbocycles. The molecule has 1 aromatic heterocycles. The fraction of sp³-hybridized carbons (Fsp3) is 0.455. The van der Waals surface area contributed by atoms with E-state index in [0.717, 1.165) is 9.75 Å². The van der Waals surface area contributed by atoms with Gasteiger partial charge >= 0.3 is 11.9 Å². The molecule has 0 aliphatic rings. The van der Waals surface area contributed by atoms with Crippen molar-refractivity contribution in [3.63, 3.8) is 0 Å². The Bertz CT molecular complexity index is 402. The van der Waals surface area contributed by atoms with Gasteiger partial charge in [-0.2, -0.15) is 0 Å². The van der Waals surface area contributed by atoms with E-state index in [0.29, 0.717) is 6.54 Å². The molecule has 0 fully saturated rings. The molecule has 0 radical (unpaired) electrons. The van der Waals surface area contributed by atoms with Gasteiger partial charge in [-0.1, -0.05) is 0 Å². The highest BCUT2D eigenvalue weighted by Gasteiger charge is 2.11. The van der Waals surface area contributed by atoms with Crippen LogP contribution in [0.5, 0.6) is 0 Å². The van der Waals surface area contributed by atoms with Crippen molar-refractivity contribution >= 4 is 23.3 Å². The van der Waals surface area contributed by atoms with E-state index in [4.69, 9.17) is 5.11 Å². The summed E-state index contributed by atoms with van der Waals surface area (Å²) in [6, 6.07) is 3.15. The summed E-state index contributed by atoms with van der Waals surface area (Å²) in [4.78, 5) is 23.5. The Balaban J connectivity index is 2.46. The second-order valence-corrected chi connectivity index (χ2v) is 4.81. The third kappa shape index (κ3) is 4.54. The summed E-state index contributed by atoms with van der Waals surface area (Å²) in [6.45, 7) is 2.07. The lowest BCUT2D eigenvalue weighted by molar-refractivity contribution is -0.140. The molecule has 1 heterocycles. The third-order valence-electron chi connectivity index (χ3n) is 2.22. The number of ether oxygens (including phenoxy) is 1. The van der Waals surface area contributed by atoms with Gasteiger partial charge in [0.05, 0.1) is 13.5 Å². The molecule has 0 saturated carbocycles. The molecule has 0 amide bonds. The van der Waals surface area contributed by atoms with Crippen LogP contribution in [0.2, 0.25) is 0 Å². The van der Waals surface area contributed by atoms with Crippen molar-refractivity contribution in [2.24, 2.45) is 0 Å². The van der Waals surface area contributed by atoms with Crippen LogP contribution in [0.4, 0.5) is 0 Å². The second-order valence-electron chi connectivity index (χ2n) is 3.56. The topological polar surface area (TPSA) is 75.6 Å². The van der Waals surface area contributed by atoms with Crippen LogP contribution >= 0.6 is 11.3 Å². The number of aliphatic carboxylic acids is 1. The minimum Gasteiger partial charge on any atom is -0.480 e. The van der Waals surface area contributed by atoms with Crippen molar-refractivity contribution in [3.8, 4) is 0 Å². The first-order chi connectivity index (χ1) is 8.02. The quantitative estimate of drug-likeness (QED) is 0.744. The van der Waals surface area contributed by atoms with Gasteiger partial charge < -0.3 is 9.84 Å². The maximum Gasteiger partial charge on any atom is 0.320 e. The van der Waals surface area contributed by atoms with E-state index in [9.17, 15) is 9.59 Å². The Morgan fingerprint density at radius 3 is 2.71 bits per heavy atom. The molecule has 1 unspecified atom stereocenters.